The molecule has 9 heteroatoms. The third-order valence-corrected chi connectivity index (χ3v) is 4.45. The summed E-state index contributed by atoms with van der Waals surface area (Å²) in [4.78, 5) is 8.48. The Morgan fingerprint density at radius 2 is 1.92 bits per heavy atom. The van der Waals surface area contributed by atoms with Gasteiger partial charge in [0.25, 0.3) is 0 Å². The first-order chi connectivity index (χ1) is 12.4. The van der Waals surface area contributed by atoms with Crippen LogP contribution in [0, 0.1) is 0 Å². The van der Waals surface area contributed by atoms with Gasteiger partial charge in [-0.15, -0.1) is 11.8 Å². The van der Waals surface area contributed by atoms with E-state index in [0.717, 1.165) is 16.0 Å². The summed E-state index contributed by atoms with van der Waals surface area (Å²) in [7, 11) is 1.46. The molecule has 0 saturated carbocycles. The Hall–Kier alpha value is -2.55. The molecule has 0 amide bonds. The maximum Gasteiger partial charge on any atom is 0.435 e. The van der Waals surface area contributed by atoms with Crippen molar-refractivity contribution in [2.75, 3.05) is 5.32 Å². The molecule has 0 spiro atoms. The summed E-state index contributed by atoms with van der Waals surface area (Å²) in [6.07, 6.45) is -0.0329. The van der Waals surface area contributed by atoms with E-state index < -0.39 is 11.9 Å². The molecule has 136 valence electrons. The van der Waals surface area contributed by atoms with E-state index >= 15 is 0 Å². The van der Waals surface area contributed by atoms with Gasteiger partial charge in [0.1, 0.15) is 10.8 Å². The number of benzene rings is 1. The molecule has 3 rings (SSSR count). The Morgan fingerprint density at radius 3 is 2.65 bits per heavy atom. The van der Waals surface area contributed by atoms with Crippen molar-refractivity contribution in [1.82, 2.24) is 19.7 Å². The molecule has 2 aromatic heterocycles. The normalized spacial score (nSPS) is 11.5. The Bertz CT molecular complexity index is 864. The highest BCUT2D eigenvalue weighted by molar-refractivity contribution is 7.98. The molecular weight excluding hydrogens is 363 g/mol. The van der Waals surface area contributed by atoms with E-state index in [1.54, 1.807) is 6.20 Å². The Balaban J connectivity index is 1.64. The molecule has 0 aliphatic carbocycles. The highest BCUT2D eigenvalue weighted by Gasteiger charge is 2.36. The van der Waals surface area contributed by atoms with E-state index in [1.807, 2.05) is 30.3 Å². The first-order valence-corrected chi connectivity index (χ1v) is 8.73. The van der Waals surface area contributed by atoms with Crippen LogP contribution in [0.2, 0.25) is 0 Å². The van der Waals surface area contributed by atoms with E-state index in [1.165, 1.54) is 31.2 Å². The molecule has 0 atom stereocenters. The van der Waals surface area contributed by atoms with Crippen LogP contribution in [0.4, 0.5) is 19.0 Å². The minimum absolute atomic E-state index is 0.0375. The molecule has 0 aliphatic rings. The topological polar surface area (TPSA) is 55.6 Å². The van der Waals surface area contributed by atoms with Gasteiger partial charge < -0.3 is 5.32 Å². The highest BCUT2D eigenvalue weighted by Crippen LogP contribution is 2.31. The van der Waals surface area contributed by atoms with Crippen LogP contribution < -0.4 is 5.32 Å². The zero-order chi connectivity index (χ0) is 18.6. The van der Waals surface area contributed by atoms with Crippen LogP contribution in [0.25, 0.3) is 0 Å². The fraction of sp³-hybridized carbons (Fsp3) is 0.235. The lowest BCUT2D eigenvalue weighted by atomic mass is 10.2. The molecule has 0 unspecified atom stereocenters. The number of aryl methyl sites for hydroxylation is 1. The SMILES string of the molecule is Cn1cc(CNc2cncc(SCc3ccccc3)n2)c(C(F)(F)F)n1. The summed E-state index contributed by atoms with van der Waals surface area (Å²) < 4.78 is 40.1. The molecule has 0 aliphatic heterocycles. The molecule has 3 aromatic rings. The molecular formula is C17H16F3N5S. The van der Waals surface area contributed by atoms with Crippen molar-refractivity contribution in [2.24, 2.45) is 7.05 Å². The predicted molar refractivity (Wildman–Crippen MR) is 93.6 cm³/mol. The molecule has 1 N–H and O–H groups in total. The number of halogens is 3. The number of rotatable bonds is 6. The molecule has 0 saturated heterocycles. The van der Waals surface area contributed by atoms with Crippen LogP contribution >= 0.6 is 11.8 Å². The highest BCUT2D eigenvalue weighted by atomic mass is 32.2. The van der Waals surface area contributed by atoms with Gasteiger partial charge in [0.15, 0.2) is 5.69 Å². The van der Waals surface area contributed by atoms with Gasteiger partial charge in [0.05, 0.1) is 12.4 Å². The third kappa shape index (κ3) is 4.75. The zero-order valence-electron chi connectivity index (χ0n) is 13.9. The number of nitrogens with one attached hydrogen (secondary N) is 1. The van der Waals surface area contributed by atoms with Gasteiger partial charge in [-0.3, -0.25) is 9.67 Å². The van der Waals surface area contributed by atoms with E-state index in [0.29, 0.717) is 10.8 Å². The standard InChI is InChI=1S/C17H16F3N5S/c1-25-10-13(16(24-25)17(18,19)20)7-22-14-8-21-9-15(23-14)26-11-12-5-3-2-4-6-12/h2-6,8-10H,7,11H2,1H3,(H,22,23). The number of nitrogens with zero attached hydrogens (tertiary/aromatic N) is 4. The number of thioether (sulfide) groups is 1. The second kappa shape index (κ2) is 7.77. The number of hydrogen-bond acceptors (Lipinski definition) is 5. The van der Waals surface area contributed by atoms with Crippen LogP contribution in [0.3, 0.4) is 0 Å². The maximum absolute atomic E-state index is 13.0. The van der Waals surface area contributed by atoms with Gasteiger partial charge in [-0.1, -0.05) is 30.3 Å². The second-order valence-corrected chi connectivity index (χ2v) is 6.54. The minimum Gasteiger partial charge on any atom is -0.365 e. The van der Waals surface area contributed by atoms with Crippen molar-refractivity contribution >= 4 is 17.6 Å². The van der Waals surface area contributed by atoms with Crippen LogP contribution in [-0.4, -0.2) is 19.7 Å². The van der Waals surface area contributed by atoms with E-state index in [-0.39, 0.29) is 12.1 Å². The molecule has 1 aromatic carbocycles. The predicted octanol–water partition coefficient (Wildman–Crippen LogP) is 4.13. The molecule has 0 bridgehead atoms. The lowest BCUT2D eigenvalue weighted by molar-refractivity contribution is -0.142. The number of alkyl halides is 3. The quantitative estimate of drug-likeness (QED) is 0.653. The average Bonchev–Trinajstić information content (AvgIpc) is 3.01. The molecule has 26 heavy (non-hydrogen) atoms. The first kappa shape index (κ1) is 18.2. The summed E-state index contributed by atoms with van der Waals surface area (Å²) in [6, 6.07) is 9.91. The van der Waals surface area contributed by atoms with Crippen molar-refractivity contribution < 1.29 is 13.2 Å². The van der Waals surface area contributed by atoms with Crippen LogP contribution in [0.15, 0.2) is 53.9 Å². The summed E-state index contributed by atoms with van der Waals surface area (Å²) in [5.41, 5.74) is 0.321. The fourth-order valence-corrected chi connectivity index (χ4v) is 3.13. The molecule has 0 radical (unpaired) electrons. The summed E-state index contributed by atoms with van der Waals surface area (Å²) >= 11 is 1.51. The van der Waals surface area contributed by atoms with Gasteiger partial charge >= 0.3 is 6.18 Å². The Kier molecular flexibility index (Phi) is 5.46. The Labute approximate surface area is 152 Å². The smallest absolute Gasteiger partial charge is 0.365 e. The van der Waals surface area contributed by atoms with Crippen molar-refractivity contribution in [3.05, 3.63) is 65.7 Å². The van der Waals surface area contributed by atoms with Crippen LogP contribution in [0.5, 0.6) is 0 Å². The van der Waals surface area contributed by atoms with Crippen molar-refractivity contribution in [3.8, 4) is 0 Å². The maximum atomic E-state index is 13.0. The molecule has 0 fully saturated rings. The number of aromatic nitrogens is 4. The fourth-order valence-electron chi connectivity index (χ4n) is 2.33. The van der Waals surface area contributed by atoms with E-state index in [9.17, 15) is 13.2 Å². The second-order valence-electron chi connectivity index (χ2n) is 5.54. The van der Waals surface area contributed by atoms with Gasteiger partial charge in [-0.05, 0) is 5.56 Å². The monoisotopic (exact) mass is 379 g/mol. The number of hydrogen-bond donors (Lipinski definition) is 1. The lowest BCUT2D eigenvalue weighted by Crippen LogP contribution is -2.12. The Morgan fingerprint density at radius 1 is 1.15 bits per heavy atom. The van der Waals surface area contributed by atoms with E-state index in [4.69, 9.17) is 0 Å². The zero-order valence-corrected chi connectivity index (χ0v) is 14.7. The first-order valence-electron chi connectivity index (χ1n) is 7.74. The molecule has 2 heterocycles. The third-order valence-electron chi connectivity index (χ3n) is 3.48. The average molecular weight is 379 g/mol. The van der Waals surface area contributed by atoms with Gasteiger partial charge in [0, 0.05) is 31.1 Å². The van der Waals surface area contributed by atoms with Gasteiger partial charge in [-0.25, -0.2) is 4.98 Å². The molecule has 5 nitrogen and oxygen atoms in total. The van der Waals surface area contributed by atoms with Gasteiger partial charge in [0.2, 0.25) is 0 Å². The lowest BCUT2D eigenvalue weighted by Gasteiger charge is -2.08. The summed E-state index contributed by atoms with van der Waals surface area (Å²) in [6.45, 7) is -0.0375. The van der Waals surface area contributed by atoms with Crippen LogP contribution in [-0.2, 0) is 25.5 Å². The van der Waals surface area contributed by atoms with Crippen molar-refractivity contribution in [3.63, 3.8) is 0 Å². The van der Waals surface area contributed by atoms with Crippen molar-refractivity contribution in [2.45, 2.75) is 23.5 Å². The van der Waals surface area contributed by atoms with Crippen LogP contribution in [0.1, 0.15) is 16.8 Å². The summed E-state index contributed by atoms with van der Waals surface area (Å²) in [5, 5.41) is 7.07. The summed E-state index contributed by atoms with van der Waals surface area (Å²) in [5.74, 6) is 1.15. The number of anilines is 1. The minimum atomic E-state index is -4.49. The van der Waals surface area contributed by atoms with E-state index in [2.05, 4.69) is 20.4 Å². The largest absolute Gasteiger partial charge is 0.435 e. The van der Waals surface area contributed by atoms with Gasteiger partial charge in [-0.2, -0.15) is 18.3 Å². The van der Waals surface area contributed by atoms with Crippen molar-refractivity contribution in [1.29, 1.82) is 0 Å².